The van der Waals surface area contributed by atoms with Crippen LogP contribution in [0.2, 0.25) is 0 Å². The molecule has 3 aromatic rings. The fourth-order valence-electron chi connectivity index (χ4n) is 6.66. The molecule has 0 N–H and O–H groups in total. The average molecular weight is 643 g/mol. The van der Waals surface area contributed by atoms with Gasteiger partial charge in [0.25, 0.3) is 0 Å². The summed E-state index contributed by atoms with van der Waals surface area (Å²) in [5.41, 5.74) is 2.73. The van der Waals surface area contributed by atoms with E-state index in [9.17, 15) is 14.4 Å². The zero-order valence-electron chi connectivity index (χ0n) is 28.2. The van der Waals surface area contributed by atoms with Crippen LogP contribution in [0.3, 0.4) is 0 Å². The van der Waals surface area contributed by atoms with Gasteiger partial charge in [0.05, 0.1) is 21.3 Å². The van der Waals surface area contributed by atoms with Crippen LogP contribution >= 0.6 is 0 Å². The van der Waals surface area contributed by atoms with Crippen molar-refractivity contribution in [3.05, 3.63) is 83.7 Å². The van der Waals surface area contributed by atoms with Gasteiger partial charge >= 0.3 is 0 Å². The number of ether oxygens (including phenoxy) is 3. The second-order valence-corrected chi connectivity index (χ2v) is 12.6. The predicted octanol–water partition coefficient (Wildman–Crippen LogP) is 7.32. The largest absolute Gasteiger partial charge is 0.493 e. The highest BCUT2D eigenvalue weighted by atomic mass is 16.5. The summed E-state index contributed by atoms with van der Waals surface area (Å²) in [7, 11) is 4.46. The molecule has 2 atom stereocenters. The minimum atomic E-state index is -0.536. The second kappa shape index (κ2) is 18.8. The second-order valence-electron chi connectivity index (χ2n) is 12.6. The summed E-state index contributed by atoms with van der Waals surface area (Å²) in [6, 6.07) is 17.6. The first-order valence-electron chi connectivity index (χ1n) is 17.0. The fraction of sp³-hybridized carbons (Fsp3) is 0.487. The van der Waals surface area contributed by atoms with Gasteiger partial charge in [-0.1, -0.05) is 55.7 Å². The lowest BCUT2D eigenvalue weighted by Gasteiger charge is -2.24. The summed E-state index contributed by atoms with van der Waals surface area (Å²) in [5, 5.41) is 0. The molecule has 1 heterocycles. The highest BCUT2D eigenvalue weighted by molar-refractivity contribution is 6.43. The third-order valence-electron chi connectivity index (χ3n) is 9.33. The Morgan fingerprint density at radius 1 is 0.787 bits per heavy atom. The average Bonchev–Trinajstić information content (AvgIpc) is 3.34. The van der Waals surface area contributed by atoms with Crippen molar-refractivity contribution in [2.75, 3.05) is 34.4 Å². The Hall–Kier alpha value is -4.20. The molecule has 0 saturated heterocycles. The standard InChI is InChI=1S/C39H50N2O6/c1-45-35-26-33(27-36(46-2)39(35)47-3)38(44)34(42)25-31-14-7-13-30(18-19-31)20-21-37(43)41(23-9-16-29-11-5-4-6-12-29)24-10-17-32-15-8-22-40-28-32/h4-6,8,11-12,15,22,26-28,30-31H,7,9-10,13-14,16-21,23-25H2,1-3H3/t30-,31?/m1/s1. The first kappa shape index (κ1) is 35.7. The maximum Gasteiger partial charge on any atom is 0.228 e. The zero-order valence-corrected chi connectivity index (χ0v) is 28.2. The Bertz CT molecular complexity index is 1360. The van der Waals surface area contributed by atoms with Crippen LogP contribution in [0.5, 0.6) is 17.2 Å². The van der Waals surface area contributed by atoms with Crippen LogP contribution in [0.1, 0.15) is 85.7 Å². The Balaban J connectivity index is 1.26. The van der Waals surface area contributed by atoms with E-state index in [4.69, 9.17) is 14.2 Å². The molecule has 0 radical (unpaired) electrons. The summed E-state index contributed by atoms with van der Waals surface area (Å²) in [6.07, 6.45) is 13.9. The number of rotatable bonds is 18. The number of Topliss-reactive ketones (excluding diaryl/α,β-unsaturated/α-hetero) is 2. The molecule has 1 fully saturated rings. The number of ketones is 2. The van der Waals surface area contributed by atoms with E-state index in [0.717, 1.165) is 77.3 Å². The molecule has 1 aliphatic carbocycles. The van der Waals surface area contributed by atoms with Crippen molar-refractivity contribution in [1.29, 1.82) is 0 Å². The molecule has 8 heteroatoms. The number of hydrogen-bond donors (Lipinski definition) is 0. The number of carbonyl (C=O) groups is 3. The molecule has 1 saturated carbocycles. The fourth-order valence-corrected chi connectivity index (χ4v) is 6.66. The summed E-state index contributed by atoms with van der Waals surface area (Å²) < 4.78 is 16.1. The maximum atomic E-state index is 13.5. The number of nitrogens with zero attached hydrogens (tertiary/aromatic N) is 2. The monoisotopic (exact) mass is 642 g/mol. The van der Waals surface area contributed by atoms with Crippen molar-refractivity contribution in [3.63, 3.8) is 0 Å². The van der Waals surface area contributed by atoms with Gasteiger partial charge in [-0.05, 0) is 86.1 Å². The smallest absolute Gasteiger partial charge is 0.228 e. The first-order chi connectivity index (χ1) is 22.9. The van der Waals surface area contributed by atoms with Crippen LogP contribution in [0.25, 0.3) is 0 Å². The van der Waals surface area contributed by atoms with E-state index in [1.165, 1.54) is 44.6 Å². The van der Waals surface area contributed by atoms with Crippen molar-refractivity contribution in [1.82, 2.24) is 9.88 Å². The molecule has 47 heavy (non-hydrogen) atoms. The molecule has 1 amide bonds. The molecular formula is C39H50N2O6. The Morgan fingerprint density at radius 3 is 2.06 bits per heavy atom. The molecule has 0 bridgehead atoms. The minimum Gasteiger partial charge on any atom is -0.493 e. The van der Waals surface area contributed by atoms with Crippen LogP contribution in [-0.4, -0.2) is 61.8 Å². The van der Waals surface area contributed by atoms with Crippen molar-refractivity contribution in [3.8, 4) is 17.2 Å². The quantitative estimate of drug-likeness (QED) is 0.0815. The van der Waals surface area contributed by atoms with E-state index < -0.39 is 11.6 Å². The number of methoxy groups -OCH3 is 3. The Kier molecular flexibility index (Phi) is 14.3. The van der Waals surface area contributed by atoms with Gasteiger partial charge in [0.2, 0.25) is 23.2 Å². The number of aromatic nitrogens is 1. The van der Waals surface area contributed by atoms with Crippen LogP contribution in [0.15, 0.2) is 67.0 Å². The van der Waals surface area contributed by atoms with Crippen molar-refractivity contribution < 1.29 is 28.6 Å². The topological polar surface area (TPSA) is 95.0 Å². The highest BCUT2D eigenvalue weighted by Crippen LogP contribution is 2.39. The number of pyridine rings is 1. The van der Waals surface area contributed by atoms with Crippen LogP contribution in [0, 0.1) is 11.8 Å². The van der Waals surface area contributed by atoms with E-state index >= 15 is 0 Å². The molecule has 0 aliphatic heterocycles. The molecule has 8 nitrogen and oxygen atoms in total. The molecular weight excluding hydrogens is 592 g/mol. The van der Waals surface area contributed by atoms with E-state index in [1.54, 1.807) is 6.20 Å². The summed E-state index contributed by atoms with van der Waals surface area (Å²) in [6.45, 7) is 1.51. The van der Waals surface area contributed by atoms with Gasteiger partial charge in [0.1, 0.15) is 0 Å². The third kappa shape index (κ3) is 10.9. The molecule has 1 aromatic heterocycles. The number of benzene rings is 2. The normalized spacial score (nSPS) is 16.1. The molecule has 4 rings (SSSR count). The van der Waals surface area contributed by atoms with Gasteiger partial charge in [-0.15, -0.1) is 0 Å². The van der Waals surface area contributed by atoms with Crippen molar-refractivity contribution in [2.24, 2.45) is 11.8 Å². The SMILES string of the molecule is COc1cc(C(=O)C(=O)CC2CCC[C@@H](CCC(=O)N(CCCc3ccccc3)CCCc3cccnc3)CC2)cc(OC)c1OC. The molecule has 1 unspecified atom stereocenters. The third-order valence-corrected chi connectivity index (χ3v) is 9.33. The number of aryl methyl sites for hydroxylation is 2. The minimum absolute atomic E-state index is 0.163. The van der Waals surface area contributed by atoms with Gasteiger partial charge in [0, 0.05) is 43.9 Å². The van der Waals surface area contributed by atoms with Crippen LogP contribution < -0.4 is 14.2 Å². The lowest BCUT2D eigenvalue weighted by Crippen LogP contribution is -2.33. The lowest BCUT2D eigenvalue weighted by atomic mass is 9.90. The van der Waals surface area contributed by atoms with Crippen LogP contribution in [-0.2, 0) is 22.4 Å². The van der Waals surface area contributed by atoms with Crippen molar-refractivity contribution in [2.45, 2.75) is 77.0 Å². The Morgan fingerprint density at radius 2 is 1.43 bits per heavy atom. The molecule has 0 spiro atoms. The van der Waals surface area contributed by atoms with E-state index in [1.807, 2.05) is 18.3 Å². The number of hydrogen-bond acceptors (Lipinski definition) is 7. The van der Waals surface area contributed by atoms with Gasteiger partial charge in [-0.3, -0.25) is 19.4 Å². The van der Waals surface area contributed by atoms with E-state index in [0.29, 0.717) is 29.6 Å². The number of amides is 1. The molecule has 2 aromatic carbocycles. The first-order valence-corrected chi connectivity index (χ1v) is 17.0. The highest BCUT2D eigenvalue weighted by Gasteiger charge is 2.27. The van der Waals surface area contributed by atoms with Gasteiger partial charge < -0.3 is 19.1 Å². The van der Waals surface area contributed by atoms with Crippen LogP contribution in [0.4, 0.5) is 0 Å². The summed E-state index contributed by atoms with van der Waals surface area (Å²) >= 11 is 0. The van der Waals surface area contributed by atoms with E-state index in [-0.39, 0.29) is 23.8 Å². The van der Waals surface area contributed by atoms with Crippen molar-refractivity contribution >= 4 is 17.5 Å². The predicted molar refractivity (Wildman–Crippen MR) is 183 cm³/mol. The zero-order chi connectivity index (χ0) is 33.4. The van der Waals surface area contributed by atoms with Gasteiger partial charge in [-0.25, -0.2) is 0 Å². The molecule has 252 valence electrons. The Labute approximate surface area is 279 Å². The van der Waals surface area contributed by atoms with E-state index in [2.05, 4.69) is 40.2 Å². The summed E-state index contributed by atoms with van der Waals surface area (Å²) in [5.74, 6) is 0.990. The van der Waals surface area contributed by atoms with Gasteiger partial charge in [-0.2, -0.15) is 0 Å². The lowest BCUT2D eigenvalue weighted by molar-refractivity contribution is -0.131. The number of carbonyl (C=O) groups excluding carboxylic acids is 3. The van der Waals surface area contributed by atoms with Gasteiger partial charge in [0.15, 0.2) is 11.5 Å². The molecule has 1 aliphatic rings. The summed E-state index contributed by atoms with van der Waals surface area (Å²) in [4.78, 5) is 46.0. The maximum absolute atomic E-state index is 13.5.